The molecule has 1 aromatic rings. The van der Waals surface area contributed by atoms with E-state index in [1.807, 2.05) is 6.07 Å². The SMILES string of the molecule is CC(O)(CNc1ccc(I)cc1Cl)C(=O)O. The minimum Gasteiger partial charge on any atom is -0.479 e. The Kier molecular flexibility index (Phi) is 4.40. The summed E-state index contributed by atoms with van der Waals surface area (Å²) in [7, 11) is 0. The molecular formula is C10H11ClINO3. The van der Waals surface area contributed by atoms with Crippen molar-refractivity contribution in [1.29, 1.82) is 0 Å². The third-order valence-corrected chi connectivity index (χ3v) is 3.00. The highest BCUT2D eigenvalue weighted by Gasteiger charge is 2.29. The maximum Gasteiger partial charge on any atom is 0.337 e. The van der Waals surface area contributed by atoms with Crippen molar-refractivity contribution in [1.82, 2.24) is 0 Å². The largest absolute Gasteiger partial charge is 0.479 e. The minimum absolute atomic E-state index is 0.108. The fourth-order valence-electron chi connectivity index (χ4n) is 0.976. The number of halogens is 2. The van der Waals surface area contributed by atoms with Crippen molar-refractivity contribution < 1.29 is 15.0 Å². The molecule has 0 aliphatic heterocycles. The van der Waals surface area contributed by atoms with E-state index in [1.54, 1.807) is 12.1 Å². The van der Waals surface area contributed by atoms with Gasteiger partial charge >= 0.3 is 5.97 Å². The first kappa shape index (κ1) is 13.5. The lowest BCUT2D eigenvalue weighted by Gasteiger charge is -2.19. The second-order valence-corrected chi connectivity index (χ2v) is 5.21. The van der Waals surface area contributed by atoms with Crippen molar-refractivity contribution in [2.24, 2.45) is 0 Å². The molecule has 0 aromatic heterocycles. The molecule has 0 radical (unpaired) electrons. The number of carboxylic acids is 1. The number of carbonyl (C=O) groups is 1. The number of rotatable bonds is 4. The molecule has 1 unspecified atom stereocenters. The van der Waals surface area contributed by atoms with Gasteiger partial charge in [-0.25, -0.2) is 4.79 Å². The summed E-state index contributed by atoms with van der Waals surface area (Å²) in [5.41, 5.74) is -1.21. The number of aliphatic carboxylic acids is 1. The fourth-order valence-corrected chi connectivity index (χ4v) is 1.90. The van der Waals surface area contributed by atoms with E-state index in [2.05, 4.69) is 27.9 Å². The van der Waals surface area contributed by atoms with E-state index in [1.165, 1.54) is 6.92 Å². The highest BCUT2D eigenvalue weighted by Crippen LogP contribution is 2.24. The van der Waals surface area contributed by atoms with Gasteiger partial charge in [0.15, 0.2) is 5.60 Å². The lowest BCUT2D eigenvalue weighted by Crippen LogP contribution is -2.41. The second kappa shape index (κ2) is 5.20. The molecular weight excluding hydrogens is 344 g/mol. The first-order valence-electron chi connectivity index (χ1n) is 4.47. The predicted octanol–water partition coefficient (Wildman–Crippen LogP) is 2.19. The van der Waals surface area contributed by atoms with Crippen LogP contribution in [0.3, 0.4) is 0 Å². The number of hydrogen-bond donors (Lipinski definition) is 3. The zero-order valence-corrected chi connectivity index (χ0v) is 11.4. The third kappa shape index (κ3) is 3.50. The molecule has 0 saturated carbocycles. The van der Waals surface area contributed by atoms with Crippen LogP contribution in [0.5, 0.6) is 0 Å². The Balaban J connectivity index is 2.72. The lowest BCUT2D eigenvalue weighted by molar-refractivity contribution is -0.155. The molecule has 1 aromatic carbocycles. The van der Waals surface area contributed by atoms with Crippen LogP contribution in [-0.4, -0.2) is 28.3 Å². The average Bonchev–Trinajstić information content (AvgIpc) is 2.16. The maximum atomic E-state index is 10.7. The topological polar surface area (TPSA) is 69.6 Å². The van der Waals surface area contributed by atoms with Crippen LogP contribution in [0.4, 0.5) is 5.69 Å². The first-order valence-corrected chi connectivity index (χ1v) is 5.93. The Labute approximate surface area is 112 Å². The van der Waals surface area contributed by atoms with E-state index in [0.29, 0.717) is 10.7 Å². The Morgan fingerprint density at radius 3 is 2.75 bits per heavy atom. The summed E-state index contributed by atoms with van der Waals surface area (Å²) >= 11 is 8.06. The number of carboxylic acid groups (broad SMARTS) is 1. The molecule has 0 heterocycles. The summed E-state index contributed by atoms with van der Waals surface area (Å²) in [6, 6.07) is 5.33. The van der Waals surface area contributed by atoms with Crippen molar-refractivity contribution >= 4 is 45.8 Å². The number of nitrogens with one attached hydrogen (secondary N) is 1. The van der Waals surface area contributed by atoms with Crippen LogP contribution < -0.4 is 5.32 Å². The first-order chi connectivity index (χ1) is 7.33. The van der Waals surface area contributed by atoms with Gasteiger partial charge in [-0.3, -0.25) is 0 Å². The van der Waals surface area contributed by atoms with E-state index in [-0.39, 0.29) is 6.54 Å². The summed E-state index contributed by atoms with van der Waals surface area (Å²) in [6.45, 7) is 1.12. The molecule has 0 bridgehead atoms. The summed E-state index contributed by atoms with van der Waals surface area (Å²) in [4.78, 5) is 10.7. The Hall–Kier alpha value is -0.530. The van der Waals surface area contributed by atoms with Crippen LogP contribution in [0.25, 0.3) is 0 Å². The van der Waals surface area contributed by atoms with Crippen LogP contribution in [0, 0.1) is 3.57 Å². The maximum absolute atomic E-state index is 10.7. The van der Waals surface area contributed by atoms with Gasteiger partial charge in [0.2, 0.25) is 0 Å². The van der Waals surface area contributed by atoms with Gasteiger partial charge in [-0.1, -0.05) is 11.6 Å². The van der Waals surface area contributed by atoms with Gasteiger partial charge in [0, 0.05) is 3.57 Å². The molecule has 0 amide bonds. The van der Waals surface area contributed by atoms with Crippen molar-refractivity contribution in [2.45, 2.75) is 12.5 Å². The Morgan fingerprint density at radius 1 is 1.62 bits per heavy atom. The normalized spacial score (nSPS) is 14.2. The number of hydrogen-bond acceptors (Lipinski definition) is 3. The number of anilines is 1. The van der Waals surface area contributed by atoms with Crippen molar-refractivity contribution in [3.8, 4) is 0 Å². The van der Waals surface area contributed by atoms with Crippen LogP contribution in [0.2, 0.25) is 5.02 Å². The van der Waals surface area contributed by atoms with Crippen LogP contribution in [0.15, 0.2) is 18.2 Å². The lowest BCUT2D eigenvalue weighted by atomic mass is 10.1. The van der Waals surface area contributed by atoms with Gasteiger partial charge in [-0.05, 0) is 47.7 Å². The summed E-state index contributed by atoms with van der Waals surface area (Å²) in [5, 5.41) is 21.5. The Bertz CT molecular complexity index is 409. The van der Waals surface area contributed by atoms with E-state index in [0.717, 1.165) is 3.57 Å². The standard InChI is InChI=1S/C10H11ClINO3/c1-10(16,9(14)15)5-13-8-3-2-6(12)4-7(8)11/h2-4,13,16H,5H2,1H3,(H,14,15). The average molecular weight is 356 g/mol. The van der Waals surface area contributed by atoms with E-state index in [9.17, 15) is 9.90 Å². The van der Waals surface area contributed by atoms with Crippen LogP contribution in [0.1, 0.15) is 6.92 Å². The zero-order valence-electron chi connectivity index (χ0n) is 8.50. The predicted molar refractivity (Wildman–Crippen MR) is 70.9 cm³/mol. The molecule has 0 aliphatic carbocycles. The van der Waals surface area contributed by atoms with Crippen molar-refractivity contribution in [3.63, 3.8) is 0 Å². The molecule has 0 fully saturated rings. The molecule has 1 rings (SSSR count). The molecule has 4 nitrogen and oxygen atoms in total. The molecule has 0 aliphatic rings. The minimum atomic E-state index is -1.81. The van der Waals surface area contributed by atoms with E-state index >= 15 is 0 Å². The highest BCUT2D eigenvalue weighted by atomic mass is 127. The molecule has 88 valence electrons. The molecule has 6 heteroatoms. The summed E-state index contributed by atoms with van der Waals surface area (Å²) < 4.78 is 0.984. The molecule has 16 heavy (non-hydrogen) atoms. The van der Waals surface area contributed by atoms with Crippen molar-refractivity contribution in [3.05, 3.63) is 26.8 Å². The second-order valence-electron chi connectivity index (χ2n) is 3.56. The van der Waals surface area contributed by atoms with Crippen molar-refractivity contribution in [2.75, 3.05) is 11.9 Å². The quantitative estimate of drug-likeness (QED) is 0.724. The van der Waals surface area contributed by atoms with Crippen LogP contribution in [-0.2, 0) is 4.79 Å². The van der Waals surface area contributed by atoms with Gasteiger partial charge in [0.25, 0.3) is 0 Å². The smallest absolute Gasteiger partial charge is 0.337 e. The molecule has 3 N–H and O–H groups in total. The Morgan fingerprint density at radius 2 is 2.25 bits per heavy atom. The van der Waals surface area contributed by atoms with E-state index in [4.69, 9.17) is 16.7 Å². The molecule has 0 spiro atoms. The third-order valence-electron chi connectivity index (χ3n) is 2.01. The van der Waals surface area contributed by atoms with E-state index < -0.39 is 11.6 Å². The van der Waals surface area contributed by atoms with Gasteiger partial charge in [-0.2, -0.15) is 0 Å². The monoisotopic (exact) mass is 355 g/mol. The fraction of sp³-hybridized carbons (Fsp3) is 0.300. The van der Waals surface area contributed by atoms with Gasteiger partial charge in [0.05, 0.1) is 17.3 Å². The molecule has 1 atom stereocenters. The highest BCUT2D eigenvalue weighted by molar-refractivity contribution is 14.1. The van der Waals surface area contributed by atoms with Gasteiger partial charge in [-0.15, -0.1) is 0 Å². The van der Waals surface area contributed by atoms with Gasteiger partial charge < -0.3 is 15.5 Å². The number of aliphatic hydroxyl groups is 1. The summed E-state index contributed by atoms with van der Waals surface area (Å²) in [5.74, 6) is -1.28. The van der Waals surface area contributed by atoms with Gasteiger partial charge in [0.1, 0.15) is 0 Å². The summed E-state index contributed by atoms with van der Waals surface area (Å²) in [6.07, 6.45) is 0. The zero-order chi connectivity index (χ0) is 12.3. The number of benzene rings is 1. The molecule has 0 saturated heterocycles. The van der Waals surface area contributed by atoms with Crippen LogP contribution >= 0.6 is 34.2 Å².